The summed E-state index contributed by atoms with van der Waals surface area (Å²) in [5.41, 5.74) is 2.36. The number of hydrogen-bond acceptors (Lipinski definition) is 2. The van der Waals surface area contributed by atoms with Gasteiger partial charge in [0.2, 0.25) is 0 Å². The number of aromatic nitrogens is 1. The topological polar surface area (TPSA) is 49.3 Å². The molecular weight excluding hydrogens is 272 g/mol. The van der Waals surface area contributed by atoms with Gasteiger partial charge in [0.25, 0.3) is 0 Å². The summed E-state index contributed by atoms with van der Waals surface area (Å²) in [4.78, 5) is 8.78. The first kappa shape index (κ1) is 18.5. The second-order valence-electron chi connectivity index (χ2n) is 6.67. The van der Waals surface area contributed by atoms with E-state index >= 15 is 0 Å². The van der Waals surface area contributed by atoms with Crippen molar-refractivity contribution >= 4 is 5.96 Å². The van der Waals surface area contributed by atoms with Crippen molar-refractivity contribution in [3.63, 3.8) is 0 Å². The zero-order valence-corrected chi connectivity index (χ0v) is 14.9. The Hall–Kier alpha value is -1.58. The summed E-state index contributed by atoms with van der Waals surface area (Å²) in [5.74, 6) is 0.840. The van der Waals surface area contributed by atoms with E-state index < -0.39 is 0 Å². The van der Waals surface area contributed by atoms with E-state index in [1.54, 1.807) is 0 Å². The number of pyridine rings is 1. The van der Waals surface area contributed by atoms with Gasteiger partial charge in [-0.1, -0.05) is 46.1 Å². The van der Waals surface area contributed by atoms with E-state index in [1.807, 2.05) is 32.2 Å². The van der Waals surface area contributed by atoms with E-state index in [9.17, 15) is 0 Å². The maximum absolute atomic E-state index is 4.49. The minimum Gasteiger partial charge on any atom is -0.356 e. The van der Waals surface area contributed by atoms with Crippen LogP contribution in [-0.4, -0.2) is 24.5 Å². The number of unbranched alkanes of at least 4 members (excludes halogenated alkanes) is 2. The fourth-order valence-electron chi connectivity index (χ4n) is 2.36. The van der Waals surface area contributed by atoms with Crippen molar-refractivity contribution in [3.8, 4) is 0 Å². The first-order valence-electron chi connectivity index (χ1n) is 8.34. The van der Waals surface area contributed by atoms with Crippen LogP contribution in [0.1, 0.15) is 57.8 Å². The second kappa shape index (κ2) is 9.44. The molecule has 22 heavy (non-hydrogen) atoms. The van der Waals surface area contributed by atoms with Crippen LogP contribution < -0.4 is 10.6 Å². The maximum Gasteiger partial charge on any atom is 0.191 e. The average molecular weight is 304 g/mol. The molecule has 0 saturated carbocycles. The molecule has 124 valence electrons. The molecule has 0 atom stereocenters. The molecule has 4 nitrogen and oxygen atoms in total. The van der Waals surface area contributed by atoms with Crippen molar-refractivity contribution in [2.24, 2.45) is 10.4 Å². The summed E-state index contributed by atoms with van der Waals surface area (Å²) in [5, 5.41) is 6.76. The van der Waals surface area contributed by atoms with Crippen molar-refractivity contribution in [2.45, 2.75) is 59.9 Å². The summed E-state index contributed by atoms with van der Waals surface area (Å²) < 4.78 is 0. The average Bonchev–Trinajstić information content (AvgIpc) is 2.47. The predicted octanol–water partition coefficient (Wildman–Crippen LogP) is 3.66. The molecule has 0 radical (unpaired) electrons. The zero-order valence-electron chi connectivity index (χ0n) is 14.9. The van der Waals surface area contributed by atoms with Crippen LogP contribution in [0.2, 0.25) is 0 Å². The molecule has 0 saturated heterocycles. The summed E-state index contributed by atoms with van der Waals surface area (Å²) in [7, 11) is 1.81. The van der Waals surface area contributed by atoms with Gasteiger partial charge in [-0.15, -0.1) is 0 Å². The maximum atomic E-state index is 4.49. The van der Waals surface area contributed by atoms with Crippen LogP contribution in [0.25, 0.3) is 0 Å². The molecule has 4 heteroatoms. The zero-order chi connectivity index (χ0) is 16.4. The molecule has 2 N–H and O–H groups in total. The van der Waals surface area contributed by atoms with Gasteiger partial charge in [-0.25, -0.2) is 0 Å². The van der Waals surface area contributed by atoms with Crippen molar-refractivity contribution in [1.29, 1.82) is 0 Å². The van der Waals surface area contributed by atoms with Crippen LogP contribution in [0.4, 0.5) is 0 Å². The number of aliphatic imine (C=N–C) groups is 1. The number of guanidine groups is 1. The van der Waals surface area contributed by atoms with E-state index in [0.29, 0.717) is 6.54 Å². The third-order valence-electron chi connectivity index (χ3n) is 3.80. The molecule has 1 aromatic rings. The van der Waals surface area contributed by atoms with Crippen LogP contribution in [0.5, 0.6) is 0 Å². The van der Waals surface area contributed by atoms with Crippen LogP contribution in [0.15, 0.2) is 23.2 Å². The van der Waals surface area contributed by atoms with E-state index in [1.165, 1.54) is 25.7 Å². The van der Waals surface area contributed by atoms with Gasteiger partial charge < -0.3 is 10.6 Å². The van der Waals surface area contributed by atoms with Gasteiger partial charge in [0.05, 0.1) is 12.2 Å². The largest absolute Gasteiger partial charge is 0.356 e. The summed E-state index contributed by atoms with van der Waals surface area (Å²) in [6.07, 6.45) is 5.13. The highest BCUT2D eigenvalue weighted by Gasteiger charge is 2.17. The molecular formula is C18H32N4. The smallest absolute Gasteiger partial charge is 0.191 e. The minimum absolute atomic E-state index is 0.286. The molecule has 0 spiro atoms. The third kappa shape index (κ3) is 7.43. The molecule has 0 amide bonds. The van der Waals surface area contributed by atoms with Crippen molar-refractivity contribution < 1.29 is 0 Å². The van der Waals surface area contributed by atoms with Crippen molar-refractivity contribution in [2.75, 3.05) is 13.6 Å². The lowest BCUT2D eigenvalue weighted by atomic mass is 9.87. The molecule has 0 unspecified atom stereocenters. The second-order valence-corrected chi connectivity index (χ2v) is 6.67. The summed E-state index contributed by atoms with van der Waals surface area (Å²) in [6, 6.07) is 6.07. The van der Waals surface area contributed by atoms with E-state index in [-0.39, 0.29) is 5.41 Å². The third-order valence-corrected chi connectivity index (χ3v) is 3.80. The highest BCUT2D eigenvalue weighted by molar-refractivity contribution is 5.79. The number of hydrogen-bond donors (Lipinski definition) is 2. The van der Waals surface area contributed by atoms with Crippen LogP contribution in [-0.2, 0) is 6.54 Å². The SMILES string of the molecule is CCCCCC(C)(C)CNC(=NC)NCc1cccc(C)n1. The Balaban J connectivity index is 2.39. The monoisotopic (exact) mass is 304 g/mol. The normalized spacial score (nSPS) is 12.3. The van der Waals surface area contributed by atoms with Gasteiger partial charge in [-0.05, 0) is 30.9 Å². The van der Waals surface area contributed by atoms with Gasteiger partial charge in [0, 0.05) is 19.3 Å². The summed E-state index contributed by atoms with van der Waals surface area (Å²) in [6.45, 7) is 10.5. The van der Waals surface area contributed by atoms with E-state index in [2.05, 4.69) is 41.4 Å². The Kier molecular flexibility index (Phi) is 7.92. The molecule has 0 bridgehead atoms. The summed E-state index contributed by atoms with van der Waals surface area (Å²) >= 11 is 0. The van der Waals surface area contributed by atoms with Gasteiger partial charge in [-0.3, -0.25) is 9.98 Å². The molecule has 0 aromatic carbocycles. The lowest BCUT2D eigenvalue weighted by molar-refractivity contribution is 0.318. The lowest BCUT2D eigenvalue weighted by Gasteiger charge is -2.26. The molecule has 0 fully saturated rings. The fourth-order valence-corrected chi connectivity index (χ4v) is 2.36. The lowest BCUT2D eigenvalue weighted by Crippen LogP contribution is -2.41. The highest BCUT2D eigenvalue weighted by Crippen LogP contribution is 2.22. The molecule has 0 aliphatic heterocycles. The van der Waals surface area contributed by atoms with Gasteiger partial charge >= 0.3 is 0 Å². The van der Waals surface area contributed by atoms with Crippen LogP contribution in [0, 0.1) is 12.3 Å². The minimum atomic E-state index is 0.286. The van der Waals surface area contributed by atoms with Gasteiger partial charge in [0.15, 0.2) is 5.96 Å². The van der Waals surface area contributed by atoms with Crippen LogP contribution >= 0.6 is 0 Å². The molecule has 1 rings (SSSR count). The van der Waals surface area contributed by atoms with Crippen LogP contribution in [0.3, 0.4) is 0 Å². The standard InChI is InChI=1S/C18H32N4/c1-6-7-8-12-18(3,4)14-21-17(19-5)20-13-16-11-9-10-15(2)22-16/h9-11H,6-8,12-14H2,1-5H3,(H2,19,20,21). The number of nitrogens with zero attached hydrogens (tertiary/aromatic N) is 2. The van der Waals surface area contributed by atoms with Gasteiger partial charge in [0.1, 0.15) is 0 Å². The number of rotatable bonds is 8. The molecule has 0 aliphatic rings. The van der Waals surface area contributed by atoms with E-state index in [4.69, 9.17) is 0 Å². The fraction of sp³-hybridized carbons (Fsp3) is 0.667. The first-order chi connectivity index (χ1) is 10.5. The Labute approximate surface area is 135 Å². The Morgan fingerprint density at radius 1 is 1.23 bits per heavy atom. The predicted molar refractivity (Wildman–Crippen MR) is 95.1 cm³/mol. The molecule has 1 heterocycles. The Morgan fingerprint density at radius 2 is 2.00 bits per heavy atom. The molecule has 0 aliphatic carbocycles. The Morgan fingerprint density at radius 3 is 2.64 bits per heavy atom. The van der Waals surface area contributed by atoms with E-state index in [0.717, 1.165) is 23.9 Å². The number of nitrogens with one attached hydrogen (secondary N) is 2. The first-order valence-corrected chi connectivity index (χ1v) is 8.34. The quantitative estimate of drug-likeness (QED) is 0.438. The van der Waals surface area contributed by atoms with Gasteiger partial charge in [-0.2, -0.15) is 0 Å². The number of aryl methyl sites for hydroxylation is 1. The highest BCUT2D eigenvalue weighted by atomic mass is 15.2. The van der Waals surface area contributed by atoms with Crippen molar-refractivity contribution in [3.05, 3.63) is 29.6 Å². The molecule has 1 aromatic heterocycles. The van der Waals surface area contributed by atoms with Crippen molar-refractivity contribution in [1.82, 2.24) is 15.6 Å². The Bertz CT molecular complexity index is 466.